The van der Waals surface area contributed by atoms with E-state index < -0.39 is 54.5 Å². The van der Waals surface area contributed by atoms with Crippen LogP contribution in [0.4, 0.5) is 0 Å². The number of carboxylic acid groups (broad SMARTS) is 1. The highest BCUT2D eigenvalue weighted by Gasteiger charge is 2.38. The average Bonchev–Trinajstić information content (AvgIpc) is 3.27. The van der Waals surface area contributed by atoms with Crippen molar-refractivity contribution in [3.63, 3.8) is 0 Å². The summed E-state index contributed by atoms with van der Waals surface area (Å²) in [6, 6.07) is -4.22. The summed E-state index contributed by atoms with van der Waals surface area (Å²) in [5.41, 5.74) is 16.4. The van der Waals surface area contributed by atoms with E-state index in [1.54, 1.807) is 0 Å². The number of carboxylic acids is 1. The lowest BCUT2D eigenvalue weighted by Crippen LogP contribution is -2.58. The van der Waals surface area contributed by atoms with Crippen LogP contribution < -0.4 is 27.8 Å². The van der Waals surface area contributed by atoms with Crippen molar-refractivity contribution in [3.05, 3.63) is 0 Å². The second-order valence-corrected chi connectivity index (χ2v) is 8.66. The molecule has 0 saturated carbocycles. The maximum absolute atomic E-state index is 13.1. The molecule has 13 nitrogen and oxygen atoms in total. The summed E-state index contributed by atoms with van der Waals surface area (Å²) in [4.78, 5) is 54.6. The van der Waals surface area contributed by atoms with Crippen LogP contribution in [0.2, 0.25) is 0 Å². The van der Waals surface area contributed by atoms with Crippen LogP contribution >= 0.6 is 11.8 Å². The zero-order valence-corrected chi connectivity index (χ0v) is 19.6. The van der Waals surface area contributed by atoms with Gasteiger partial charge in [-0.3, -0.25) is 19.4 Å². The van der Waals surface area contributed by atoms with Gasteiger partial charge in [0, 0.05) is 13.1 Å². The molecule has 3 amide bonds. The number of rotatable bonds is 14. The molecule has 0 aromatic heterocycles. The molecule has 1 rings (SSSR count). The number of carbonyl (C=O) groups excluding carboxylic acids is 3. The molecule has 188 valence electrons. The number of guanidine groups is 1. The zero-order valence-electron chi connectivity index (χ0n) is 18.7. The van der Waals surface area contributed by atoms with E-state index in [-0.39, 0.29) is 25.5 Å². The number of aliphatic carboxylic acids is 1. The number of aliphatic imine (C=N–C) groups is 1. The molecule has 1 heterocycles. The number of nitrogens with zero attached hydrogens (tertiary/aromatic N) is 2. The predicted molar refractivity (Wildman–Crippen MR) is 124 cm³/mol. The minimum Gasteiger partial charge on any atom is -0.480 e. The lowest BCUT2D eigenvalue weighted by molar-refractivity contribution is -0.149. The molecule has 0 aromatic rings. The minimum atomic E-state index is -1.32. The first kappa shape index (κ1) is 28.5. The van der Waals surface area contributed by atoms with Crippen LogP contribution in [0, 0.1) is 0 Å². The summed E-state index contributed by atoms with van der Waals surface area (Å²) in [6.07, 6.45) is 3.57. The molecular weight excluding hydrogens is 454 g/mol. The number of aliphatic hydroxyl groups excluding tert-OH is 1. The third-order valence-corrected chi connectivity index (χ3v) is 5.81. The van der Waals surface area contributed by atoms with Gasteiger partial charge in [-0.2, -0.15) is 11.8 Å². The topological polar surface area (TPSA) is 226 Å². The fraction of sp³-hybridized carbons (Fsp3) is 0.737. The van der Waals surface area contributed by atoms with E-state index in [2.05, 4.69) is 15.6 Å². The standard InChI is InChI=1S/C19H35N7O6S/c1-33-9-6-11(20)15(28)25-13(10-27)16(29)24-12(4-2-7-23-19(21)22)17(30)26-8-3-5-14(26)18(31)32/h11-14,27H,2-10,20H2,1H3,(H,24,29)(H,25,28)(H,31,32)(H4,21,22,23). The van der Waals surface area contributed by atoms with E-state index in [0.29, 0.717) is 31.4 Å². The summed E-state index contributed by atoms with van der Waals surface area (Å²) < 4.78 is 0. The van der Waals surface area contributed by atoms with Crippen LogP contribution in [0.3, 0.4) is 0 Å². The minimum absolute atomic E-state index is 0.117. The summed E-state index contributed by atoms with van der Waals surface area (Å²) in [6.45, 7) is -0.251. The molecule has 4 atom stereocenters. The van der Waals surface area contributed by atoms with Gasteiger partial charge < -0.3 is 42.9 Å². The van der Waals surface area contributed by atoms with Gasteiger partial charge in [0.2, 0.25) is 17.7 Å². The molecule has 4 unspecified atom stereocenters. The molecule has 0 aliphatic carbocycles. The van der Waals surface area contributed by atoms with Crippen molar-refractivity contribution >= 4 is 41.4 Å². The van der Waals surface area contributed by atoms with E-state index >= 15 is 0 Å². The van der Waals surface area contributed by atoms with Gasteiger partial charge in [0.15, 0.2) is 5.96 Å². The highest BCUT2D eigenvalue weighted by molar-refractivity contribution is 7.98. The molecule has 33 heavy (non-hydrogen) atoms. The highest BCUT2D eigenvalue weighted by Crippen LogP contribution is 2.19. The quantitative estimate of drug-likeness (QED) is 0.0750. The van der Waals surface area contributed by atoms with E-state index in [9.17, 15) is 29.4 Å². The lowest BCUT2D eigenvalue weighted by Gasteiger charge is -2.28. The van der Waals surface area contributed by atoms with Crippen molar-refractivity contribution in [2.45, 2.75) is 56.3 Å². The van der Waals surface area contributed by atoms with Crippen LogP contribution in [-0.4, -0.2) is 101 Å². The summed E-state index contributed by atoms with van der Waals surface area (Å²) >= 11 is 1.52. The number of aliphatic hydroxyl groups is 1. The Morgan fingerprint density at radius 2 is 1.82 bits per heavy atom. The molecule has 0 radical (unpaired) electrons. The number of hydrogen-bond donors (Lipinski definition) is 7. The number of carbonyl (C=O) groups is 4. The Kier molecular flexibility index (Phi) is 12.5. The monoisotopic (exact) mass is 489 g/mol. The van der Waals surface area contributed by atoms with Crippen LogP contribution in [0.5, 0.6) is 0 Å². The van der Waals surface area contributed by atoms with E-state index in [1.165, 1.54) is 16.7 Å². The lowest BCUT2D eigenvalue weighted by atomic mass is 10.1. The number of hydrogen-bond acceptors (Lipinski definition) is 8. The normalized spacial score (nSPS) is 18.2. The second-order valence-electron chi connectivity index (χ2n) is 7.67. The number of thioether (sulfide) groups is 1. The molecule has 1 saturated heterocycles. The Hall–Kier alpha value is -2.58. The Bertz CT molecular complexity index is 719. The van der Waals surface area contributed by atoms with Crippen molar-refractivity contribution in [1.82, 2.24) is 15.5 Å². The summed E-state index contributed by atoms with van der Waals surface area (Å²) in [7, 11) is 0. The molecule has 10 N–H and O–H groups in total. The van der Waals surface area contributed by atoms with Gasteiger partial charge in [-0.25, -0.2) is 4.79 Å². The van der Waals surface area contributed by atoms with E-state index in [1.807, 2.05) is 6.26 Å². The van der Waals surface area contributed by atoms with Crippen molar-refractivity contribution in [3.8, 4) is 0 Å². The predicted octanol–water partition coefficient (Wildman–Crippen LogP) is -2.84. The molecule has 1 aliphatic rings. The number of amides is 3. The fourth-order valence-corrected chi connectivity index (χ4v) is 3.86. The van der Waals surface area contributed by atoms with Gasteiger partial charge in [0.25, 0.3) is 0 Å². The molecule has 0 spiro atoms. The maximum Gasteiger partial charge on any atom is 0.326 e. The number of nitrogens with two attached hydrogens (primary N) is 3. The first-order valence-corrected chi connectivity index (χ1v) is 12.1. The van der Waals surface area contributed by atoms with Gasteiger partial charge in [0.1, 0.15) is 18.1 Å². The smallest absolute Gasteiger partial charge is 0.326 e. The van der Waals surface area contributed by atoms with Gasteiger partial charge >= 0.3 is 5.97 Å². The van der Waals surface area contributed by atoms with Crippen LogP contribution in [0.1, 0.15) is 32.1 Å². The number of nitrogens with one attached hydrogen (secondary N) is 2. The third kappa shape index (κ3) is 9.43. The molecular formula is C19H35N7O6S. The van der Waals surface area contributed by atoms with Crippen LogP contribution in [0.15, 0.2) is 4.99 Å². The molecule has 0 bridgehead atoms. The SMILES string of the molecule is CSCCC(N)C(=O)NC(CO)C(=O)NC(CCCN=C(N)N)C(=O)N1CCCC1C(=O)O. The largest absolute Gasteiger partial charge is 0.480 e. The van der Waals surface area contributed by atoms with Crippen molar-refractivity contribution in [2.75, 3.05) is 31.7 Å². The highest BCUT2D eigenvalue weighted by atomic mass is 32.2. The van der Waals surface area contributed by atoms with E-state index in [4.69, 9.17) is 17.2 Å². The fourth-order valence-electron chi connectivity index (χ4n) is 3.37. The van der Waals surface area contributed by atoms with E-state index in [0.717, 1.165) is 0 Å². The molecule has 1 fully saturated rings. The summed E-state index contributed by atoms with van der Waals surface area (Å²) in [5, 5.41) is 23.9. The molecule has 0 aromatic carbocycles. The van der Waals surface area contributed by atoms with Crippen LogP contribution in [-0.2, 0) is 19.2 Å². The second kappa shape index (κ2) is 14.5. The summed E-state index contributed by atoms with van der Waals surface area (Å²) in [5.74, 6) is -2.53. The Morgan fingerprint density at radius 1 is 1.15 bits per heavy atom. The molecule has 1 aliphatic heterocycles. The first-order chi connectivity index (χ1) is 15.6. The average molecular weight is 490 g/mol. The Balaban J connectivity index is 2.89. The van der Waals surface area contributed by atoms with Crippen molar-refractivity contribution in [2.24, 2.45) is 22.2 Å². The first-order valence-electron chi connectivity index (χ1n) is 10.7. The Morgan fingerprint density at radius 3 is 2.39 bits per heavy atom. The van der Waals surface area contributed by atoms with Crippen LogP contribution in [0.25, 0.3) is 0 Å². The number of likely N-dealkylation sites (tertiary alicyclic amines) is 1. The third-order valence-electron chi connectivity index (χ3n) is 5.17. The zero-order chi connectivity index (χ0) is 25.0. The van der Waals surface area contributed by atoms with Gasteiger partial charge in [-0.1, -0.05) is 0 Å². The maximum atomic E-state index is 13.1. The Labute approximate surface area is 196 Å². The van der Waals surface area contributed by atoms with Gasteiger partial charge in [-0.05, 0) is 44.1 Å². The van der Waals surface area contributed by atoms with Crippen molar-refractivity contribution < 1.29 is 29.4 Å². The molecule has 14 heteroatoms. The van der Waals surface area contributed by atoms with Gasteiger partial charge in [0.05, 0.1) is 12.6 Å². The van der Waals surface area contributed by atoms with Gasteiger partial charge in [-0.15, -0.1) is 0 Å². The van der Waals surface area contributed by atoms with Crippen molar-refractivity contribution in [1.29, 1.82) is 0 Å².